The molecular formula is C20H24O4. The number of carbonyl (C=O) groups excluding carboxylic acids is 1. The van der Waals surface area contributed by atoms with Crippen LogP contribution in [0.3, 0.4) is 0 Å². The van der Waals surface area contributed by atoms with Crippen molar-refractivity contribution in [2.45, 2.75) is 51.9 Å². The molecule has 1 N–H and O–H groups in total. The minimum atomic E-state index is -1.03. The van der Waals surface area contributed by atoms with Crippen LogP contribution in [0.25, 0.3) is 10.8 Å². The van der Waals surface area contributed by atoms with E-state index in [-0.39, 0.29) is 11.5 Å². The lowest BCUT2D eigenvalue weighted by molar-refractivity contribution is -0.134. The van der Waals surface area contributed by atoms with Crippen molar-refractivity contribution in [3.05, 3.63) is 42.0 Å². The van der Waals surface area contributed by atoms with E-state index >= 15 is 0 Å². The Morgan fingerprint density at radius 3 is 2.46 bits per heavy atom. The molecule has 0 fully saturated rings. The zero-order chi connectivity index (χ0) is 17.4. The lowest BCUT2D eigenvalue weighted by Crippen LogP contribution is -2.09. The molecule has 0 amide bonds. The summed E-state index contributed by atoms with van der Waals surface area (Å²) in [7, 11) is 0. The highest BCUT2D eigenvalue weighted by Gasteiger charge is 2.13. The Kier molecular flexibility index (Phi) is 6.79. The number of unbranched alkanes of at least 4 members (excludes halogenated alkanes) is 5. The largest absolute Gasteiger partial charge is 0.478 e. The van der Waals surface area contributed by atoms with E-state index < -0.39 is 5.97 Å². The lowest BCUT2D eigenvalue weighted by Gasteiger charge is -2.09. The molecule has 0 saturated heterocycles. The SMILES string of the molecule is CCCCCCCCC(=O)Oc1cc(C(=O)O)cc2ccccc12. The molecule has 2 aromatic carbocycles. The van der Waals surface area contributed by atoms with Gasteiger partial charge in [-0.25, -0.2) is 4.79 Å². The number of carboxylic acids is 1. The zero-order valence-electron chi connectivity index (χ0n) is 14.1. The van der Waals surface area contributed by atoms with E-state index in [9.17, 15) is 14.7 Å². The Labute approximate surface area is 142 Å². The number of hydrogen-bond donors (Lipinski definition) is 1. The predicted molar refractivity (Wildman–Crippen MR) is 94.5 cm³/mol. The molecule has 4 heteroatoms. The average Bonchev–Trinajstić information content (AvgIpc) is 2.57. The molecular weight excluding hydrogens is 304 g/mol. The molecule has 4 nitrogen and oxygen atoms in total. The van der Waals surface area contributed by atoms with Gasteiger partial charge in [0.25, 0.3) is 0 Å². The molecule has 128 valence electrons. The van der Waals surface area contributed by atoms with Gasteiger partial charge in [0.05, 0.1) is 5.56 Å². The van der Waals surface area contributed by atoms with Crippen LogP contribution in [0, 0.1) is 0 Å². The van der Waals surface area contributed by atoms with Gasteiger partial charge in [0.15, 0.2) is 0 Å². The van der Waals surface area contributed by atoms with Crippen LogP contribution in [0.5, 0.6) is 5.75 Å². The summed E-state index contributed by atoms with van der Waals surface area (Å²) >= 11 is 0. The van der Waals surface area contributed by atoms with Crippen molar-refractivity contribution in [2.75, 3.05) is 0 Å². The molecule has 2 aromatic rings. The summed E-state index contributed by atoms with van der Waals surface area (Å²) in [6.07, 6.45) is 6.96. The molecule has 0 bridgehead atoms. The van der Waals surface area contributed by atoms with Crippen LogP contribution in [-0.2, 0) is 4.79 Å². The first-order valence-electron chi connectivity index (χ1n) is 8.58. The Bertz CT molecular complexity index is 706. The van der Waals surface area contributed by atoms with Crippen LogP contribution in [0.4, 0.5) is 0 Å². The van der Waals surface area contributed by atoms with Gasteiger partial charge in [-0.3, -0.25) is 4.79 Å². The first kappa shape index (κ1) is 18.0. The van der Waals surface area contributed by atoms with Gasteiger partial charge in [-0.2, -0.15) is 0 Å². The van der Waals surface area contributed by atoms with Gasteiger partial charge < -0.3 is 9.84 Å². The second-order valence-electron chi connectivity index (χ2n) is 5.99. The van der Waals surface area contributed by atoms with Crippen molar-refractivity contribution >= 4 is 22.7 Å². The highest BCUT2D eigenvalue weighted by molar-refractivity contribution is 5.98. The van der Waals surface area contributed by atoms with E-state index in [1.807, 2.05) is 24.3 Å². The molecule has 0 spiro atoms. The third-order valence-electron chi connectivity index (χ3n) is 4.03. The maximum absolute atomic E-state index is 12.1. The first-order valence-corrected chi connectivity index (χ1v) is 8.58. The number of fused-ring (bicyclic) bond motifs is 1. The molecule has 0 aliphatic heterocycles. The number of aromatic carboxylic acids is 1. The molecule has 0 aromatic heterocycles. The van der Waals surface area contributed by atoms with Gasteiger partial charge in [0.1, 0.15) is 5.75 Å². The summed E-state index contributed by atoms with van der Waals surface area (Å²) < 4.78 is 5.44. The molecule has 0 saturated carbocycles. The van der Waals surface area contributed by atoms with E-state index in [0.29, 0.717) is 12.2 Å². The summed E-state index contributed by atoms with van der Waals surface area (Å²) in [6, 6.07) is 10.3. The van der Waals surface area contributed by atoms with Crippen LogP contribution >= 0.6 is 0 Å². The zero-order valence-corrected chi connectivity index (χ0v) is 14.1. The summed E-state index contributed by atoms with van der Waals surface area (Å²) in [5, 5.41) is 10.7. The van der Waals surface area contributed by atoms with Crippen LogP contribution in [0.15, 0.2) is 36.4 Å². The number of ether oxygens (including phenoxy) is 1. The number of benzene rings is 2. The molecule has 0 aliphatic rings. The summed E-state index contributed by atoms with van der Waals surface area (Å²) in [6.45, 7) is 2.17. The van der Waals surface area contributed by atoms with Crippen LogP contribution in [0.1, 0.15) is 62.2 Å². The van der Waals surface area contributed by atoms with Crippen molar-refractivity contribution < 1.29 is 19.4 Å². The summed E-state index contributed by atoms with van der Waals surface area (Å²) in [4.78, 5) is 23.3. The van der Waals surface area contributed by atoms with Crippen molar-refractivity contribution in [3.63, 3.8) is 0 Å². The molecule has 0 unspecified atom stereocenters. The third-order valence-corrected chi connectivity index (χ3v) is 4.03. The monoisotopic (exact) mass is 328 g/mol. The van der Waals surface area contributed by atoms with E-state index in [0.717, 1.165) is 30.0 Å². The molecule has 24 heavy (non-hydrogen) atoms. The fraction of sp³-hybridized carbons (Fsp3) is 0.400. The average molecular weight is 328 g/mol. The smallest absolute Gasteiger partial charge is 0.335 e. The Morgan fingerprint density at radius 2 is 1.71 bits per heavy atom. The molecule has 0 radical (unpaired) electrons. The number of carbonyl (C=O) groups is 2. The highest BCUT2D eigenvalue weighted by Crippen LogP contribution is 2.28. The number of esters is 1. The third kappa shape index (κ3) is 5.08. The standard InChI is InChI=1S/C20H24O4/c1-2-3-4-5-6-7-12-19(21)24-18-14-16(20(22)23)13-15-10-8-9-11-17(15)18/h8-11,13-14H,2-7,12H2,1H3,(H,22,23). The number of hydrogen-bond acceptors (Lipinski definition) is 3. The number of rotatable bonds is 9. The van der Waals surface area contributed by atoms with Crippen molar-refractivity contribution in [1.82, 2.24) is 0 Å². The van der Waals surface area contributed by atoms with E-state index in [2.05, 4.69) is 6.92 Å². The number of carboxylic acid groups (broad SMARTS) is 1. The topological polar surface area (TPSA) is 63.6 Å². The van der Waals surface area contributed by atoms with Crippen LogP contribution < -0.4 is 4.74 Å². The van der Waals surface area contributed by atoms with E-state index in [1.165, 1.54) is 25.3 Å². The van der Waals surface area contributed by atoms with Crippen LogP contribution in [-0.4, -0.2) is 17.0 Å². The molecule has 2 rings (SSSR count). The fourth-order valence-corrected chi connectivity index (χ4v) is 2.71. The normalized spacial score (nSPS) is 10.7. The van der Waals surface area contributed by atoms with Crippen molar-refractivity contribution in [2.24, 2.45) is 0 Å². The van der Waals surface area contributed by atoms with Gasteiger partial charge in [0, 0.05) is 11.8 Å². The maximum atomic E-state index is 12.1. The van der Waals surface area contributed by atoms with Gasteiger partial charge in [-0.05, 0) is 23.9 Å². The fourth-order valence-electron chi connectivity index (χ4n) is 2.71. The second kappa shape index (κ2) is 9.06. The maximum Gasteiger partial charge on any atom is 0.335 e. The Morgan fingerprint density at radius 1 is 1.00 bits per heavy atom. The van der Waals surface area contributed by atoms with Crippen molar-refractivity contribution in [1.29, 1.82) is 0 Å². The molecule has 0 heterocycles. The minimum Gasteiger partial charge on any atom is -0.478 e. The Balaban J connectivity index is 2.00. The molecule has 0 aliphatic carbocycles. The quantitative estimate of drug-likeness (QED) is 0.391. The predicted octanol–water partition coefficient (Wildman–Crippen LogP) is 5.19. The van der Waals surface area contributed by atoms with Crippen molar-refractivity contribution in [3.8, 4) is 5.75 Å². The summed E-state index contributed by atoms with van der Waals surface area (Å²) in [5.41, 5.74) is 0.121. The first-order chi connectivity index (χ1) is 11.6. The van der Waals surface area contributed by atoms with Crippen LogP contribution in [0.2, 0.25) is 0 Å². The highest BCUT2D eigenvalue weighted by atomic mass is 16.5. The van der Waals surface area contributed by atoms with Gasteiger partial charge in [-0.1, -0.05) is 63.3 Å². The second-order valence-corrected chi connectivity index (χ2v) is 5.99. The van der Waals surface area contributed by atoms with E-state index in [4.69, 9.17) is 4.74 Å². The van der Waals surface area contributed by atoms with E-state index in [1.54, 1.807) is 6.07 Å². The van der Waals surface area contributed by atoms with Gasteiger partial charge >= 0.3 is 11.9 Å². The minimum absolute atomic E-state index is 0.121. The molecule has 0 atom stereocenters. The van der Waals surface area contributed by atoms with Gasteiger partial charge in [0.2, 0.25) is 0 Å². The Hall–Kier alpha value is -2.36. The lowest BCUT2D eigenvalue weighted by atomic mass is 10.1. The van der Waals surface area contributed by atoms with Gasteiger partial charge in [-0.15, -0.1) is 0 Å². The summed E-state index contributed by atoms with van der Waals surface area (Å²) in [5.74, 6) is -1.02.